The first kappa shape index (κ1) is 20.2. The van der Waals surface area contributed by atoms with Gasteiger partial charge in [-0.2, -0.15) is 0 Å². The molecule has 2 amide bonds. The zero-order valence-corrected chi connectivity index (χ0v) is 14.9. The van der Waals surface area contributed by atoms with E-state index in [2.05, 4.69) is 5.32 Å². The summed E-state index contributed by atoms with van der Waals surface area (Å²) in [5.41, 5.74) is 5.69. The van der Waals surface area contributed by atoms with Crippen molar-refractivity contribution in [1.29, 1.82) is 0 Å². The van der Waals surface area contributed by atoms with Crippen LogP contribution in [-0.4, -0.2) is 62.7 Å². The number of ether oxygens (including phenoxy) is 1. The average molecular weight is 370 g/mol. The highest BCUT2D eigenvalue weighted by Crippen LogP contribution is 2.33. The van der Waals surface area contributed by atoms with Crippen molar-refractivity contribution in [3.05, 3.63) is 23.8 Å². The van der Waals surface area contributed by atoms with E-state index in [0.717, 1.165) is 0 Å². The normalized spacial score (nSPS) is 16.3. The summed E-state index contributed by atoms with van der Waals surface area (Å²) in [4.78, 5) is 27.3. The van der Waals surface area contributed by atoms with Crippen molar-refractivity contribution in [3.8, 4) is 0 Å². The lowest BCUT2D eigenvalue weighted by molar-refractivity contribution is -0.125. The molecule has 0 saturated carbocycles. The SMILES string of the molecule is CCN(C)[C@H](CN)C(=O)Nc1ccc(N2CCOCC2=O)c(C(F)F)c1. The Labute approximate surface area is 151 Å². The molecule has 144 valence electrons. The van der Waals surface area contributed by atoms with Crippen molar-refractivity contribution in [3.63, 3.8) is 0 Å². The summed E-state index contributed by atoms with van der Waals surface area (Å²) < 4.78 is 32.1. The fraction of sp³-hybridized carbons (Fsp3) is 0.529. The molecule has 3 N–H and O–H groups in total. The molecule has 0 aromatic heterocycles. The van der Waals surface area contributed by atoms with E-state index < -0.39 is 12.5 Å². The number of rotatable bonds is 7. The van der Waals surface area contributed by atoms with Crippen LogP contribution in [0.5, 0.6) is 0 Å². The van der Waals surface area contributed by atoms with Crippen LogP contribution in [0.25, 0.3) is 0 Å². The molecule has 0 spiro atoms. The van der Waals surface area contributed by atoms with Gasteiger partial charge >= 0.3 is 0 Å². The van der Waals surface area contributed by atoms with E-state index in [-0.39, 0.29) is 55.1 Å². The Hall–Kier alpha value is -2.10. The predicted molar refractivity (Wildman–Crippen MR) is 94.3 cm³/mol. The first-order valence-corrected chi connectivity index (χ1v) is 8.40. The predicted octanol–water partition coefficient (Wildman–Crippen LogP) is 1.20. The van der Waals surface area contributed by atoms with Gasteiger partial charge < -0.3 is 20.7 Å². The average Bonchev–Trinajstić information content (AvgIpc) is 2.62. The Morgan fingerprint density at radius 1 is 1.46 bits per heavy atom. The highest BCUT2D eigenvalue weighted by molar-refractivity contribution is 5.97. The summed E-state index contributed by atoms with van der Waals surface area (Å²) in [5, 5.41) is 2.62. The van der Waals surface area contributed by atoms with Crippen LogP contribution in [0, 0.1) is 0 Å². The molecule has 1 saturated heterocycles. The number of carbonyl (C=O) groups is 2. The number of hydrogen-bond acceptors (Lipinski definition) is 5. The smallest absolute Gasteiger partial charge is 0.265 e. The molecule has 1 aliphatic rings. The summed E-state index contributed by atoms with van der Waals surface area (Å²) in [6.07, 6.45) is -2.79. The number of alkyl halides is 2. The Balaban J connectivity index is 2.25. The maximum Gasteiger partial charge on any atom is 0.265 e. The maximum absolute atomic E-state index is 13.5. The second kappa shape index (κ2) is 9.02. The van der Waals surface area contributed by atoms with E-state index in [1.807, 2.05) is 6.92 Å². The minimum Gasteiger partial charge on any atom is -0.370 e. The zero-order valence-electron chi connectivity index (χ0n) is 14.9. The molecule has 9 heteroatoms. The first-order valence-electron chi connectivity index (χ1n) is 8.40. The van der Waals surface area contributed by atoms with Crippen molar-refractivity contribution in [2.24, 2.45) is 5.73 Å². The van der Waals surface area contributed by atoms with Gasteiger partial charge in [0, 0.05) is 24.3 Å². The van der Waals surface area contributed by atoms with E-state index >= 15 is 0 Å². The maximum atomic E-state index is 13.5. The van der Waals surface area contributed by atoms with Crippen molar-refractivity contribution in [2.75, 3.05) is 50.1 Å². The van der Waals surface area contributed by atoms with Crippen LogP contribution in [0.15, 0.2) is 18.2 Å². The summed E-state index contributed by atoms with van der Waals surface area (Å²) >= 11 is 0. The van der Waals surface area contributed by atoms with Crippen LogP contribution < -0.4 is 16.0 Å². The van der Waals surface area contributed by atoms with Gasteiger partial charge in [0.05, 0.1) is 12.3 Å². The molecule has 1 aromatic carbocycles. The lowest BCUT2D eigenvalue weighted by Crippen LogP contribution is -2.46. The van der Waals surface area contributed by atoms with E-state index in [1.165, 1.54) is 23.1 Å². The molecule has 1 aliphatic heterocycles. The third-order valence-electron chi connectivity index (χ3n) is 4.36. The van der Waals surface area contributed by atoms with Gasteiger partial charge in [-0.05, 0) is 31.8 Å². The standard InChI is InChI=1S/C17H24F2N4O3/c1-3-22(2)14(9-20)17(25)21-11-4-5-13(12(8-11)16(18)19)23-6-7-26-10-15(23)24/h4-5,8,14,16H,3,6-7,9-10,20H2,1-2H3,(H,21,25)/t14-/m1/s1. The molecule has 7 nitrogen and oxygen atoms in total. The molecule has 26 heavy (non-hydrogen) atoms. The number of morpholine rings is 1. The lowest BCUT2D eigenvalue weighted by atomic mass is 10.1. The number of halogens is 2. The number of nitrogens with zero attached hydrogens (tertiary/aromatic N) is 2. The van der Waals surface area contributed by atoms with E-state index in [4.69, 9.17) is 10.5 Å². The number of nitrogens with one attached hydrogen (secondary N) is 1. The van der Waals surface area contributed by atoms with Gasteiger partial charge in [-0.3, -0.25) is 14.5 Å². The number of anilines is 2. The van der Waals surface area contributed by atoms with Crippen LogP contribution >= 0.6 is 0 Å². The summed E-state index contributed by atoms with van der Waals surface area (Å²) in [6.45, 7) is 2.98. The second-order valence-electron chi connectivity index (χ2n) is 5.99. The first-order chi connectivity index (χ1) is 12.4. The van der Waals surface area contributed by atoms with Crippen molar-refractivity contribution in [2.45, 2.75) is 19.4 Å². The zero-order chi connectivity index (χ0) is 19.3. The van der Waals surface area contributed by atoms with Gasteiger partial charge in [0.1, 0.15) is 12.6 Å². The number of amides is 2. The Morgan fingerprint density at radius 2 is 2.19 bits per heavy atom. The Kier molecular flexibility index (Phi) is 7.01. The monoisotopic (exact) mass is 370 g/mol. The minimum atomic E-state index is -2.79. The summed E-state index contributed by atoms with van der Waals surface area (Å²) in [7, 11) is 1.76. The molecule has 0 bridgehead atoms. The van der Waals surface area contributed by atoms with Crippen LogP contribution in [0.2, 0.25) is 0 Å². The number of hydrogen-bond donors (Lipinski definition) is 2. The highest BCUT2D eigenvalue weighted by atomic mass is 19.3. The van der Waals surface area contributed by atoms with E-state index in [9.17, 15) is 18.4 Å². The quantitative estimate of drug-likeness (QED) is 0.753. The van der Waals surface area contributed by atoms with Crippen molar-refractivity contribution >= 4 is 23.2 Å². The minimum absolute atomic E-state index is 0.109. The van der Waals surface area contributed by atoms with Gasteiger partial charge in [-0.15, -0.1) is 0 Å². The van der Waals surface area contributed by atoms with Crippen molar-refractivity contribution in [1.82, 2.24) is 4.90 Å². The topological polar surface area (TPSA) is 87.9 Å². The van der Waals surface area contributed by atoms with Gasteiger partial charge in [-0.1, -0.05) is 6.92 Å². The highest BCUT2D eigenvalue weighted by Gasteiger charge is 2.26. The van der Waals surface area contributed by atoms with Crippen LogP contribution in [-0.2, 0) is 14.3 Å². The largest absolute Gasteiger partial charge is 0.370 e. The van der Waals surface area contributed by atoms with Gasteiger partial charge in [0.15, 0.2) is 0 Å². The van der Waals surface area contributed by atoms with Gasteiger partial charge in [-0.25, -0.2) is 8.78 Å². The summed E-state index contributed by atoms with van der Waals surface area (Å²) in [6, 6.07) is 3.55. The molecule has 0 radical (unpaired) electrons. The molecule has 1 aromatic rings. The second-order valence-corrected chi connectivity index (χ2v) is 5.99. The molecule has 0 unspecified atom stereocenters. The number of benzene rings is 1. The molecule has 0 aliphatic carbocycles. The van der Waals surface area contributed by atoms with Crippen LogP contribution in [0.4, 0.5) is 20.2 Å². The molecule has 2 rings (SSSR count). The molecular weight excluding hydrogens is 346 g/mol. The van der Waals surface area contributed by atoms with E-state index in [1.54, 1.807) is 11.9 Å². The number of carbonyl (C=O) groups excluding carboxylic acids is 2. The molecule has 1 heterocycles. The number of likely N-dealkylation sites (N-methyl/N-ethyl adjacent to an activating group) is 1. The Morgan fingerprint density at radius 3 is 2.77 bits per heavy atom. The van der Waals surface area contributed by atoms with Crippen LogP contribution in [0.3, 0.4) is 0 Å². The number of nitrogens with two attached hydrogens (primary N) is 1. The van der Waals surface area contributed by atoms with Crippen molar-refractivity contribution < 1.29 is 23.1 Å². The third kappa shape index (κ3) is 4.54. The van der Waals surface area contributed by atoms with Gasteiger partial charge in [0.2, 0.25) is 5.91 Å². The molecular formula is C17H24F2N4O3. The molecule has 1 fully saturated rings. The summed E-state index contributed by atoms with van der Waals surface area (Å²) in [5.74, 6) is -0.741. The lowest BCUT2D eigenvalue weighted by Gasteiger charge is -2.29. The third-order valence-corrected chi connectivity index (χ3v) is 4.36. The van der Waals surface area contributed by atoms with E-state index in [0.29, 0.717) is 6.54 Å². The van der Waals surface area contributed by atoms with Gasteiger partial charge in [0.25, 0.3) is 12.3 Å². The fourth-order valence-corrected chi connectivity index (χ4v) is 2.76. The van der Waals surface area contributed by atoms with Crippen LogP contribution in [0.1, 0.15) is 18.9 Å². The Bertz CT molecular complexity index is 657. The fourth-order valence-electron chi connectivity index (χ4n) is 2.76. The molecule has 1 atom stereocenters.